The van der Waals surface area contributed by atoms with Crippen molar-refractivity contribution in [2.75, 3.05) is 38.5 Å². The summed E-state index contributed by atoms with van der Waals surface area (Å²) in [6, 6.07) is 6.24. The Bertz CT molecular complexity index is 790. The van der Waals surface area contributed by atoms with E-state index in [9.17, 15) is 0 Å². The molecular weight excluding hydrogens is 326 g/mol. The number of likely N-dealkylation sites (tertiary alicyclic amines) is 1. The minimum Gasteiger partial charge on any atom is -0.444 e. The minimum absolute atomic E-state index is 0.335. The molecule has 6 heteroatoms. The smallest absolute Gasteiger partial charge is 0.204 e. The van der Waals surface area contributed by atoms with E-state index in [1.54, 1.807) is 12.3 Å². The molecule has 0 atom stereocenters. The van der Waals surface area contributed by atoms with Crippen LogP contribution in [0.1, 0.15) is 37.9 Å². The van der Waals surface area contributed by atoms with E-state index in [-0.39, 0.29) is 0 Å². The summed E-state index contributed by atoms with van der Waals surface area (Å²) in [7, 11) is 2.18. The number of hydrogen-bond donors (Lipinski definition) is 2. The van der Waals surface area contributed by atoms with Gasteiger partial charge in [0.15, 0.2) is 5.58 Å². The molecule has 2 aliphatic heterocycles. The summed E-state index contributed by atoms with van der Waals surface area (Å²) >= 11 is 0. The number of nitriles is 1. The molecule has 2 aromatic rings. The number of nitrogens with one attached hydrogen (secondary N) is 2. The van der Waals surface area contributed by atoms with E-state index in [1.807, 2.05) is 12.1 Å². The fourth-order valence-corrected chi connectivity index (χ4v) is 4.34. The highest BCUT2D eigenvalue weighted by Crippen LogP contribution is 2.32. The lowest BCUT2D eigenvalue weighted by Gasteiger charge is -2.55. The molecule has 1 aliphatic carbocycles. The lowest BCUT2D eigenvalue weighted by molar-refractivity contribution is -0.0218. The number of nitrogens with zero attached hydrogens (tertiary/aromatic N) is 3. The van der Waals surface area contributed by atoms with Crippen LogP contribution >= 0.6 is 0 Å². The third kappa shape index (κ3) is 3.69. The summed E-state index contributed by atoms with van der Waals surface area (Å²) in [6.45, 7) is 5.16. The molecule has 2 N–H and O–H groups in total. The lowest BCUT2D eigenvalue weighted by Crippen LogP contribution is -2.69. The minimum atomic E-state index is 0.335. The van der Waals surface area contributed by atoms with Gasteiger partial charge in [-0.15, -0.1) is 0 Å². The first kappa shape index (κ1) is 17.3. The van der Waals surface area contributed by atoms with E-state index >= 15 is 0 Å². The Labute approximate surface area is 154 Å². The first-order chi connectivity index (χ1) is 12.7. The van der Waals surface area contributed by atoms with Crippen LogP contribution in [0.15, 0.2) is 22.7 Å². The van der Waals surface area contributed by atoms with E-state index in [0.717, 1.165) is 16.6 Å². The molecule has 26 heavy (non-hydrogen) atoms. The van der Waals surface area contributed by atoms with E-state index in [0.29, 0.717) is 17.4 Å². The molecule has 2 aromatic heterocycles. The molecule has 0 bridgehead atoms. The van der Waals surface area contributed by atoms with Gasteiger partial charge in [0.05, 0.1) is 6.20 Å². The Morgan fingerprint density at radius 2 is 2.04 bits per heavy atom. The molecule has 138 valence electrons. The van der Waals surface area contributed by atoms with E-state index < -0.39 is 0 Å². The summed E-state index contributed by atoms with van der Waals surface area (Å²) in [5.74, 6) is 1.21. The lowest BCUT2D eigenvalue weighted by atomic mass is 9.75. The maximum absolute atomic E-state index is 8.79. The van der Waals surface area contributed by atoms with Crippen LogP contribution in [0.5, 0.6) is 0 Å². The van der Waals surface area contributed by atoms with Gasteiger partial charge in [-0.2, -0.15) is 5.26 Å². The Morgan fingerprint density at radius 3 is 2.62 bits per heavy atom. The molecule has 5 rings (SSSR count). The number of furan rings is 1. The van der Waals surface area contributed by atoms with Crippen molar-refractivity contribution in [1.29, 1.82) is 5.26 Å². The Balaban J connectivity index is 0.000000174. The highest BCUT2D eigenvalue weighted by atomic mass is 16.3. The van der Waals surface area contributed by atoms with Gasteiger partial charge in [0, 0.05) is 49.1 Å². The topological polar surface area (TPSA) is 77.1 Å². The van der Waals surface area contributed by atoms with Crippen LogP contribution in [0.2, 0.25) is 0 Å². The molecule has 0 aromatic carbocycles. The molecule has 0 unspecified atom stereocenters. The molecule has 3 fully saturated rings. The fraction of sp³-hybridized carbons (Fsp3) is 0.600. The highest BCUT2D eigenvalue weighted by molar-refractivity contribution is 5.80. The van der Waals surface area contributed by atoms with Gasteiger partial charge in [-0.25, -0.2) is 4.98 Å². The Kier molecular flexibility index (Phi) is 4.84. The van der Waals surface area contributed by atoms with Crippen molar-refractivity contribution < 1.29 is 4.42 Å². The van der Waals surface area contributed by atoms with Crippen molar-refractivity contribution in [3.8, 4) is 6.07 Å². The first-order valence-corrected chi connectivity index (χ1v) is 9.61. The maximum atomic E-state index is 8.79. The predicted molar refractivity (Wildman–Crippen MR) is 102 cm³/mol. The van der Waals surface area contributed by atoms with Gasteiger partial charge < -0.3 is 20.0 Å². The van der Waals surface area contributed by atoms with Crippen LogP contribution in [0.3, 0.4) is 0 Å². The van der Waals surface area contributed by atoms with Gasteiger partial charge >= 0.3 is 0 Å². The highest BCUT2D eigenvalue weighted by Gasteiger charge is 2.45. The van der Waals surface area contributed by atoms with Gasteiger partial charge in [0.2, 0.25) is 5.76 Å². The largest absolute Gasteiger partial charge is 0.444 e. The summed E-state index contributed by atoms with van der Waals surface area (Å²) in [6.07, 6.45) is 8.05. The molecule has 0 amide bonds. The average molecular weight is 353 g/mol. The predicted octanol–water partition coefficient (Wildman–Crippen LogP) is 2.97. The van der Waals surface area contributed by atoms with Gasteiger partial charge in [0.1, 0.15) is 11.9 Å². The molecular formula is C20H27N5O. The van der Waals surface area contributed by atoms with Gasteiger partial charge in [-0.05, 0) is 26.0 Å². The van der Waals surface area contributed by atoms with Crippen molar-refractivity contribution >= 4 is 16.8 Å². The number of pyridine rings is 1. The third-order valence-electron chi connectivity index (χ3n) is 5.68. The molecule has 0 radical (unpaired) electrons. The van der Waals surface area contributed by atoms with Crippen molar-refractivity contribution in [2.45, 2.75) is 38.1 Å². The van der Waals surface area contributed by atoms with Crippen molar-refractivity contribution in [3.05, 3.63) is 24.1 Å². The van der Waals surface area contributed by atoms with E-state index in [1.165, 1.54) is 58.3 Å². The second-order valence-corrected chi connectivity index (χ2v) is 8.08. The first-order valence-electron chi connectivity index (χ1n) is 9.61. The van der Waals surface area contributed by atoms with Gasteiger partial charge in [-0.3, -0.25) is 0 Å². The van der Waals surface area contributed by atoms with Gasteiger partial charge in [-0.1, -0.05) is 19.3 Å². The quantitative estimate of drug-likeness (QED) is 0.864. The number of hydrogen-bond acceptors (Lipinski definition) is 6. The molecule has 4 heterocycles. The zero-order valence-electron chi connectivity index (χ0n) is 15.4. The van der Waals surface area contributed by atoms with Crippen LogP contribution in [-0.4, -0.2) is 49.2 Å². The maximum Gasteiger partial charge on any atom is 0.204 e. The number of anilines is 1. The van der Waals surface area contributed by atoms with Crippen LogP contribution < -0.4 is 10.6 Å². The number of fused-ring (bicyclic) bond motifs is 1. The van der Waals surface area contributed by atoms with Crippen LogP contribution in [0.25, 0.3) is 11.0 Å². The summed E-state index contributed by atoms with van der Waals surface area (Å²) in [5.41, 5.74) is 1.40. The second-order valence-electron chi connectivity index (χ2n) is 8.08. The number of aromatic nitrogens is 1. The van der Waals surface area contributed by atoms with E-state index in [4.69, 9.17) is 9.68 Å². The molecule has 2 saturated heterocycles. The molecule has 6 nitrogen and oxygen atoms in total. The van der Waals surface area contributed by atoms with Crippen molar-refractivity contribution in [3.63, 3.8) is 0 Å². The standard InChI is InChI=1S/C14H15N3O.C6H12N2/c15-8-12-6-10-7-14(16-9-13(10)18-12)17-11-4-2-1-3-5-11;1-8-4-6(5-8)2-7-3-6/h6-7,9,11H,1-5H2,(H,16,17);7H,2-5H2,1H3. The normalized spacial score (nSPS) is 22.0. The Hall–Kier alpha value is -2.10. The number of rotatable bonds is 2. The van der Waals surface area contributed by atoms with Crippen LogP contribution in [0.4, 0.5) is 5.82 Å². The zero-order chi connectivity index (χ0) is 18.0. The Morgan fingerprint density at radius 1 is 1.27 bits per heavy atom. The average Bonchev–Trinajstić information content (AvgIpc) is 3.01. The second kappa shape index (κ2) is 7.26. The van der Waals surface area contributed by atoms with Crippen molar-refractivity contribution in [2.24, 2.45) is 5.41 Å². The molecule has 3 aliphatic rings. The SMILES string of the molecule is CN1CC2(CNC2)C1.N#Cc1cc2cc(NC3CCCCC3)ncc2o1. The third-order valence-corrected chi connectivity index (χ3v) is 5.68. The summed E-state index contributed by atoms with van der Waals surface area (Å²) in [4.78, 5) is 6.71. The fourth-order valence-electron chi connectivity index (χ4n) is 4.34. The van der Waals surface area contributed by atoms with Crippen LogP contribution in [0, 0.1) is 16.7 Å². The molecule has 1 spiro atoms. The molecule has 1 saturated carbocycles. The van der Waals surface area contributed by atoms with Crippen molar-refractivity contribution in [1.82, 2.24) is 15.2 Å². The van der Waals surface area contributed by atoms with Gasteiger partial charge in [0.25, 0.3) is 0 Å². The monoisotopic (exact) mass is 353 g/mol. The summed E-state index contributed by atoms with van der Waals surface area (Å²) < 4.78 is 5.31. The summed E-state index contributed by atoms with van der Waals surface area (Å²) in [5, 5.41) is 16.5. The zero-order valence-corrected chi connectivity index (χ0v) is 15.4. The van der Waals surface area contributed by atoms with Crippen LogP contribution in [-0.2, 0) is 0 Å². The van der Waals surface area contributed by atoms with E-state index in [2.05, 4.69) is 27.6 Å².